The van der Waals surface area contributed by atoms with Crippen LogP contribution in [0.2, 0.25) is 0 Å². The van der Waals surface area contributed by atoms with Crippen molar-refractivity contribution in [2.45, 2.75) is 27.7 Å². The van der Waals surface area contributed by atoms with Crippen LogP contribution in [0.25, 0.3) is 54.5 Å². The Bertz CT molecular complexity index is 1900. The standard InChI is InChI=1S/C22H16NOS.C12H10N.Ir/c1-12-9-18(23-11-13(12)2)15-5-4-6-16-21-17-10-14(3)25-20(17)8-7-19(21)24-22(15)16;1-10-7-8-12(13-9-10)11-5-3-2-4-6-11;/h4,6-11H,1-3H3;2-5,7-9H,1H3;/q2*-1;. The van der Waals surface area contributed by atoms with Gasteiger partial charge in [0, 0.05) is 52.8 Å². The van der Waals surface area contributed by atoms with Gasteiger partial charge in [0.15, 0.2) is 0 Å². The number of furan rings is 1. The van der Waals surface area contributed by atoms with Crippen LogP contribution in [0, 0.1) is 39.8 Å². The van der Waals surface area contributed by atoms with Gasteiger partial charge in [0.1, 0.15) is 5.58 Å². The van der Waals surface area contributed by atoms with Crippen LogP contribution >= 0.6 is 11.3 Å². The number of nitrogens with zero attached hydrogens (tertiary/aromatic N) is 2. The summed E-state index contributed by atoms with van der Waals surface area (Å²) in [5, 5.41) is 3.59. The average molecular weight is 703 g/mol. The molecule has 4 aromatic heterocycles. The molecule has 195 valence electrons. The molecule has 0 atom stereocenters. The molecule has 0 saturated carbocycles. The molecule has 0 bridgehead atoms. The third kappa shape index (κ3) is 5.31. The van der Waals surface area contributed by atoms with Crippen molar-refractivity contribution in [2.24, 2.45) is 0 Å². The van der Waals surface area contributed by atoms with Gasteiger partial charge in [-0.1, -0.05) is 34.7 Å². The van der Waals surface area contributed by atoms with Crippen molar-refractivity contribution in [1.29, 1.82) is 0 Å². The van der Waals surface area contributed by atoms with Crippen LogP contribution in [-0.4, -0.2) is 9.97 Å². The number of rotatable bonds is 2. The Kier molecular flexibility index (Phi) is 7.76. The van der Waals surface area contributed by atoms with Crippen LogP contribution in [0.4, 0.5) is 0 Å². The Balaban J connectivity index is 0.000000187. The maximum absolute atomic E-state index is 6.26. The Hall–Kier alpha value is -3.63. The van der Waals surface area contributed by atoms with E-state index in [0.717, 1.165) is 39.1 Å². The van der Waals surface area contributed by atoms with E-state index in [1.807, 2.05) is 67.1 Å². The maximum Gasteiger partial charge on any atom is 0.121 e. The Morgan fingerprint density at radius 1 is 0.744 bits per heavy atom. The first-order valence-electron chi connectivity index (χ1n) is 12.6. The predicted molar refractivity (Wildman–Crippen MR) is 159 cm³/mol. The molecule has 7 rings (SSSR count). The van der Waals surface area contributed by atoms with Crippen LogP contribution in [0.15, 0.2) is 89.6 Å². The van der Waals surface area contributed by atoms with Gasteiger partial charge < -0.3 is 14.4 Å². The van der Waals surface area contributed by atoms with E-state index in [9.17, 15) is 0 Å². The minimum Gasteiger partial charge on any atom is -0.501 e. The van der Waals surface area contributed by atoms with Crippen LogP contribution in [-0.2, 0) is 20.1 Å². The minimum absolute atomic E-state index is 0. The van der Waals surface area contributed by atoms with E-state index < -0.39 is 0 Å². The van der Waals surface area contributed by atoms with E-state index in [0.29, 0.717) is 0 Å². The van der Waals surface area contributed by atoms with Gasteiger partial charge in [0.05, 0.1) is 5.58 Å². The van der Waals surface area contributed by atoms with E-state index in [4.69, 9.17) is 4.42 Å². The SMILES string of the molecule is Cc1cc2c(ccc3oc4c(-c5cc(C)c(C)cn5)[c-]ccc4c32)s1.Cc1ccc(-c2[c-]cccc2)nc1.[Ir]. The molecule has 7 aromatic rings. The fraction of sp³-hybridized carbons (Fsp3) is 0.118. The van der Waals surface area contributed by atoms with Gasteiger partial charge >= 0.3 is 0 Å². The van der Waals surface area contributed by atoms with Crippen LogP contribution in [0.5, 0.6) is 0 Å². The van der Waals surface area contributed by atoms with Crippen LogP contribution in [0.1, 0.15) is 21.6 Å². The van der Waals surface area contributed by atoms with Gasteiger partial charge in [-0.25, -0.2) is 0 Å². The molecule has 0 aliphatic carbocycles. The summed E-state index contributed by atoms with van der Waals surface area (Å²) in [4.78, 5) is 10.2. The molecule has 3 nitrogen and oxygen atoms in total. The van der Waals surface area contributed by atoms with Gasteiger partial charge in [-0.15, -0.1) is 65.4 Å². The van der Waals surface area contributed by atoms with Gasteiger partial charge in [0.2, 0.25) is 0 Å². The molecule has 4 heterocycles. The van der Waals surface area contributed by atoms with Crippen molar-refractivity contribution in [3.63, 3.8) is 0 Å². The second-order valence-corrected chi connectivity index (χ2v) is 10.8. The first-order chi connectivity index (χ1) is 18.5. The monoisotopic (exact) mass is 703 g/mol. The van der Waals surface area contributed by atoms with Crippen molar-refractivity contribution in [2.75, 3.05) is 0 Å². The van der Waals surface area contributed by atoms with E-state index >= 15 is 0 Å². The Labute approximate surface area is 245 Å². The molecular formula is C34H26IrN2OS-2. The summed E-state index contributed by atoms with van der Waals surface area (Å²) < 4.78 is 7.56. The van der Waals surface area contributed by atoms with Gasteiger partial charge in [0.25, 0.3) is 0 Å². The fourth-order valence-electron chi connectivity index (χ4n) is 4.61. The summed E-state index contributed by atoms with van der Waals surface area (Å²) in [5.74, 6) is 0. The molecular weight excluding hydrogens is 677 g/mol. The number of pyridine rings is 2. The zero-order chi connectivity index (χ0) is 26.2. The second-order valence-electron chi connectivity index (χ2n) is 9.56. The Morgan fingerprint density at radius 2 is 1.59 bits per heavy atom. The van der Waals surface area contributed by atoms with Crippen molar-refractivity contribution in [1.82, 2.24) is 9.97 Å². The normalized spacial score (nSPS) is 10.9. The van der Waals surface area contributed by atoms with Crippen molar-refractivity contribution < 1.29 is 24.5 Å². The number of thiophene rings is 1. The predicted octanol–water partition coefficient (Wildman–Crippen LogP) is 9.44. The molecule has 0 fully saturated rings. The topological polar surface area (TPSA) is 38.9 Å². The third-order valence-electron chi connectivity index (χ3n) is 6.74. The zero-order valence-corrected chi connectivity index (χ0v) is 25.3. The van der Waals surface area contributed by atoms with Crippen molar-refractivity contribution in [3.05, 3.63) is 119 Å². The molecule has 1 radical (unpaired) electrons. The Morgan fingerprint density at radius 3 is 2.33 bits per heavy atom. The molecule has 0 spiro atoms. The first kappa shape index (κ1) is 27.0. The molecule has 3 aromatic carbocycles. The van der Waals surface area contributed by atoms with Crippen molar-refractivity contribution >= 4 is 43.4 Å². The zero-order valence-electron chi connectivity index (χ0n) is 22.1. The summed E-state index contributed by atoms with van der Waals surface area (Å²) in [6.45, 7) is 8.37. The largest absolute Gasteiger partial charge is 0.501 e. The van der Waals surface area contributed by atoms with E-state index in [-0.39, 0.29) is 20.1 Å². The molecule has 5 heteroatoms. The summed E-state index contributed by atoms with van der Waals surface area (Å²) in [6, 6.07) is 31.1. The van der Waals surface area contributed by atoms with Gasteiger partial charge in [-0.3, -0.25) is 0 Å². The van der Waals surface area contributed by atoms with E-state index in [1.165, 1.54) is 37.0 Å². The molecule has 0 aliphatic rings. The van der Waals surface area contributed by atoms with E-state index in [2.05, 4.69) is 79.3 Å². The summed E-state index contributed by atoms with van der Waals surface area (Å²) in [6.07, 6.45) is 3.79. The smallest absolute Gasteiger partial charge is 0.121 e. The molecule has 0 amide bonds. The first-order valence-corrected chi connectivity index (χ1v) is 13.4. The third-order valence-corrected chi connectivity index (χ3v) is 7.76. The summed E-state index contributed by atoms with van der Waals surface area (Å²) in [7, 11) is 0. The molecule has 39 heavy (non-hydrogen) atoms. The molecule has 0 aliphatic heterocycles. The molecule has 0 unspecified atom stereocenters. The van der Waals surface area contributed by atoms with E-state index in [1.54, 1.807) is 0 Å². The number of fused-ring (bicyclic) bond motifs is 5. The fourth-order valence-corrected chi connectivity index (χ4v) is 5.54. The van der Waals surface area contributed by atoms with Gasteiger partial charge in [-0.05, 0) is 68.4 Å². The average Bonchev–Trinajstić information content (AvgIpc) is 3.51. The summed E-state index contributed by atoms with van der Waals surface area (Å²) in [5.41, 5.74) is 9.24. The maximum atomic E-state index is 6.26. The molecule has 0 N–H and O–H groups in total. The number of hydrogen-bond donors (Lipinski definition) is 0. The quantitative estimate of drug-likeness (QED) is 0.169. The number of benzene rings is 3. The number of hydrogen-bond acceptors (Lipinski definition) is 4. The summed E-state index contributed by atoms with van der Waals surface area (Å²) >= 11 is 1.82. The van der Waals surface area contributed by atoms with Crippen LogP contribution < -0.4 is 0 Å². The van der Waals surface area contributed by atoms with Crippen molar-refractivity contribution in [3.8, 4) is 22.5 Å². The number of aromatic nitrogens is 2. The number of aryl methyl sites for hydroxylation is 4. The van der Waals surface area contributed by atoms with Crippen LogP contribution in [0.3, 0.4) is 0 Å². The van der Waals surface area contributed by atoms with Gasteiger partial charge in [-0.2, -0.15) is 0 Å². The minimum atomic E-state index is 0. The molecule has 0 saturated heterocycles. The second kappa shape index (κ2) is 11.2.